The maximum Gasteiger partial charge on any atom is 0.341 e. The summed E-state index contributed by atoms with van der Waals surface area (Å²) in [5.41, 5.74) is 0.253. The number of hydrogen-bond donors (Lipinski definition) is 0. The third-order valence-electron chi connectivity index (χ3n) is 5.25. The molecule has 3 rings (SSSR count). The molecular weight excluding hydrogens is 370 g/mol. The summed E-state index contributed by atoms with van der Waals surface area (Å²) in [7, 11) is -1.80. The second kappa shape index (κ2) is 8.29. The summed E-state index contributed by atoms with van der Waals surface area (Å²) in [4.78, 5) is 26.5. The van der Waals surface area contributed by atoms with E-state index in [9.17, 15) is 18.0 Å². The Balaban J connectivity index is 1.73. The first kappa shape index (κ1) is 19.7. The van der Waals surface area contributed by atoms with E-state index in [1.807, 2.05) is 0 Å². The molecule has 1 saturated carbocycles. The number of methoxy groups -OCH3 is 1. The minimum atomic E-state index is -3.09. The lowest BCUT2D eigenvalue weighted by Crippen LogP contribution is -2.48. The van der Waals surface area contributed by atoms with E-state index < -0.39 is 15.8 Å². The molecule has 1 aromatic carbocycles. The van der Waals surface area contributed by atoms with Crippen LogP contribution in [0.3, 0.4) is 0 Å². The van der Waals surface area contributed by atoms with Gasteiger partial charge < -0.3 is 14.4 Å². The number of sulfone groups is 1. The molecule has 0 spiro atoms. The van der Waals surface area contributed by atoms with Crippen LogP contribution in [-0.2, 0) is 19.4 Å². The molecule has 7 nitrogen and oxygen atoms in total. The van der Waals surface area contributed by atoms with Crippen LogP contribution in [0, 0.1) is 0 Å². The summed E-state index contributed by atoms with van der Waals surface area (Å²) >= 11 is 0. The maximum absolute atomic E-state index is 12.9. The van der Waals surface area contributed by atoms with Crippen LogP contribution in [0.5, 0.6) is 5.75 Å². The summed E-state index contributed by atoms with van der Waals surface area (Å²) in [5, 5.41) is 0. The quantitative estimate of drug-likeness (QED) is 0.683. The van der Waals surface area contributed by atoms with E-state index in [0.29, 0.717) is 6.42 Å². The van der Waals surface area contributed by atoms with E-state index in [1.54, 1.807) is 29.2 Å². The molecule has 1 aliphatic carbocycles. The van der Waals surface area contributed by atoms with Crippen molar-refractivity contribution in [1.82, 2.24) is 4.90 Å². The predicted molar refractivity (Wildman–Crippen MR) is 99.4 cm³/mol. The van der Waals surface area contributed by atoms with Crippen molar-refractivity contribution < 1.29 is 27.5 Å². The molecule has 8 heteroatoms. The fraction of sp³-hybridized carbons (Fsp3) is 0.579. The highest BCUT2D eigenvalue weighted by Crippen LogP contribution is 2.29. The highest BCUT2D eigenvalue weighted by Gasteiger charge is 2.39. The number of hydrogen-bond acceptors (Lipinski definition) is 6. The number of nitrogens with zero attached hydrogens (tertiary/aromatic N) is 1. The smallest absolute Gasteiger partial charge is 0.341 e. The molecule has 2 aliphatic rings. The lowest BCUT2D eigenvalue weighted by Gasteiger charge is -2.34. The third kappa shape index (κ3) is 4.61. The standard InChI is InChI=1S/C19H25NO6S/c1-25-19(22)16-8-4-5-9-17(16)26-12-18(21)20(14-6-2-3-7-14)15-10-11-27(23,24)13-15/h4-5,8-9,14-15H,2-3,6-7,10-13H2,1H3. The first-order valence-corrected chi connectivity index (χ1v) is 11.0. The summed E-state index contributed by atoms with van der Waals surface area (Å²) < 4.78 is 34.2. The van der Waals surface area contributed by atoms with Crippen LogP contribution in [0.1, 0.15) is 42.5 Å². The van der Waals surface area contributed by atoms with Crippen LogP contribution in [0.2, 0.25) is 0 Å². The second-order valence-electron chi connectivity index (χ2n) is 7.07. The first-order valence-electron chi connectivity index (χ1n) is 9.23. The van der Waals surface area contributed by atoms with Gasteiger partial charge in [-0.1, -0.05) is 25.0 Å². The molecule has 1 heterocycles. The highest BCUT2D eigenvalue weighted by atomic mass is 32.2. The molecule has 1 aromatic rings. The number of amides is 1. The Morgan fingerprint density at radius 1 is 1.11 bits per heavy atom. The molecule has 1 aliphatic heterocycles. The Morgan fingerprint density at radius 3 is 2.44 bits per heavy atom. The molecule has 0 radical (unpaired) electrons. The number of benzene rings is 1. The number of ether oxygens (including phenoxy) is 2. The van der Waals surface area contributed by atoms with Gasteiger partial charge in [0.15, 0.2) is 16.4 Å². The van der Waals surface area contributed by atoms with Crippen molar-refractivity contribution in [3.05, 3.63) is 29.8 Å². The zero-order valence-electron chi connectivity index (χ0n) is 15.4. The van der Waals surface area contributed by atoms with Crippen molar-refractivity contribution in [3.63, 3.8) is 0 Å². The Hall–Kier alpha value is -2.09. The Morgan fingerprint density at radius 2 is 1.81 bits per heavy atom. The first-order chi connectivity index (χ1) is 12.9. The zero-order chi connectivity index (χ0) is 19.4. The maximum atomic E-state index is 12.9. The van der Waals surface area contributed by atoms with Gasteiger partial charge >= 0.3 is 5.97 Å². The molecule has 0 aromatic heterocycles. The van der Waals surface area contributed by atoms with Gasteiger partial charge in [0, 0.05) is 12.1 Å². The van der Waals surface area contributed by atoms with Gasteiger partial charge in [0.05, 0.1) is 18.6 Å². The Bertz CT molecular complexity index is 800. The van der Waals surface area contributed by atoms with Gasteiger partial charge in [-0.25, -0.2) is 13.2 Å². The normalized spacial score (nSPS) is 21.7. The van der Waals surface area contributed by atoms with Crippen molar-refractivity contribution in [1.29, 1.82) is 0 Å². The van der Waals surface area contributed by atoms with Crippen LogP contribution in [-0.4, -0.2) is 62.5 Å². The molecule has 2 fully saturated rings. The van der Waals surface area contributed by atoms with Crippen molar-refractivity contribution in [2.45, 2.75) is 44.2 Å². The molecule has 1 saturated heterocycles. The summed E-state index contributed by atoms with van der Waals surface area (Å²) in [6, 6.07) is 6.36. The molecular formula is C19H25NO6S. The van der Waals surface area contributed by atoms with Gasteiger partial charge in [0.25, 0.3) is 5.91 Å². The lowest BCUT2D eigenvalue weighted by molar-refractivity contribution is -0.137. The van der Waals surface area contributed by atoms with Crippen molar-refractivity contribution in [3.8, 4) is 5.75 Å². The summed E-state index contributed by atoms with van der Waals surface area (Å²) in [6.45, 7) is -0.235. The topological polar surface area (TPSA) is 90.0 Å². The van der Waals surface area contributed by atoms with Crippen LogP contribution in [0.25, 0.3) is 0 Å². The molecule has 1 atom stereocenters. The van der Waals surface area contributed by atoms with Gasteiger partial charge in [-0.2, -0.15) is 0 Å². The molecule has 148 valence electrons. The van der Waals surface area contributed by atoms with E-state index in [1.165, 1.54) is 7.11 Å². The second-order valence-corrected chi connectivity index (χ2v) is 9.30. The van der Waals surface area contributed by atoms with Crippen molar-refractivity contribution >= 4 is 21.7 Å². The molecule has 0 N–H and O–H groups in total. The number of rotatable bonds is 6. The summed E-state index contributed by atoms with van der Waals surface area (Å²) in [5.74, 6) is -0.340. The van der Waals surface area contributed by atoms with Crippen LogP contribution < -0.4 is 4.74 Å². The van der Waals surface area contributed by atoms with Crippen LogP contribution >= 0.6 is 0 Å². The minimum absolute atomic E-state index is 0.0218. The minimum Gasteiger partial charge on any atom is -0.483 e. The van der Waals surface area contributed by atoms with Gasteiger partial charge in [-0.15, -0.1) is 0 Å². The van der Waals surface area contributed by atoms with E-state index in [-0.39, 0.29) is 47.4 Å². The summed E-state index contributed by atoms with van der Waals surface area (Å²) in [6.07, 6.45) is 4.34. The SMILES string of the molecule is COC(=O)c1ccccc1OCC(=O)N(C1CCCC1)C1CCS(=O)(=O)C1. The van der Waals surface area contributed by atoms with Gasteiger partial charge in [-0.3, -0.25) is 4.79 Å². The van der Waals surface area contributed by atoms with Crippen molar-refractivity contribution in [2.75, 3.05) is 25.2 Å². The fourth-order valence-corrected chi connectivity index (χ4v) is 5.68. The van der Waals surface area contributed by atoms with E-state index in [4.69, 9.17) is 9.47 Å². The monoisotopic (exact) mass is 395 g/mol. The zero-order valence-corrected chi connectivity index (χ0v) is 16.2. The Kier molecular flexibility index (Phi) is 6.04. The largest absolute Gasteiger partial charge is 0.483 e. The van der Waals surface area contributed by atoms with E-state index >= 15 is 0 Å². The lowest BCUT2D eigenvalue weighted by atomic mass is 10.1. The van der Waals surface area contributed by atoms with Crippen LogP contribution in [0.4, 0.5) is 0 Å². The molecule has 1 amide bonds. The molecule has 27 heavy (non-hydrogen) atoms. The van der Waals surface area contributed by atoms with E-state index in [2.05, 4.69) is 0 Å². The highest BCUT2D eigenvalue weighted by molar-refractivity contribution is 7.91. The molecule has 1 unspecified atom stereocenters. The number of para-hydroxylation sites is 1. The average molecular weight is 395 g/mol. The van der Waals surface area contributed by atoms with Crippen LogP contribution in [0.15, 0.2) is 24.3 Å². The van der Waals surface area contributed by atoms with Gasteiger partial charge in [0.2, 0.25) is 0 Å². The van der Waals surface area contributed by atoms with E-state index in [0.717, 1.165) is 25.7 Å². The predicted octanol–water partition coefficient (Wildman–Crippen LogP) is 1.81. The number of carbonyl (C=O) groups excluding carboxylic acids is 2. The number of esters is 1. The third-order valence-corrected chi connectivity index (χ3v) is 7.00. The average Bonchev–Trinajstić information content (AvgIpc) is 3.30. The molecule has 0 bridgehead atoms. The fourth-order valence-electron chi connectivity index (χ4n) is 3.97. The van der Waals surface area contributed by atoms with Crippen molar-refractivity contribution in [2.24, 2.45) is 0 Å². The van der Waals surface area contributed by atoms with Gasteiger partial charge in [-0.05, 0) is 31.4 Å². The Labute approximate surface area is 159 Å². The van der Waals surface area contributed by atoms with Gasteiger partial charge in [0.1, 0.15) is 11.3 Å². The number of carbonyl (C=O) groups is 2.